The highest BCUT2D eigenvalue weighted by molar-refractivity contribution is 5.88. The van der Waals surface area contributed by atoms with Gasteiger partial charge in [0.15, 0.2) is 0 Å². The molecule has 44 heavy (non-hydrogen) atoms. The minimum Gasteiger partial charge on any atom is -0.459 e. The third kappa shape index (κ3) is 6.91. The van der Waals surface area contributed by atoms with Gasteiger partial charge >= 0.3 is 11.9 Å². The zero-order valence-electron chi connectivity index (χ0n) is 23.3. The van der Waals surface area contributed by atoms with Crippen molar-refractivity contribution in [3.8, 4) is 45.6 Å². The van der Waals surface area contributed by atoms with Crippen molar-refractivity contribution in [1.82, 2.24) is 35.3 Å². The molecule has 0 aromatic carbocycles. The number of hydrogen-bond donors (Lipinski definition) is 0. The van der Waals surface area contributed by atoms with Crippen LogP contribution in [0.2, 0.25) is 0 Å². The van der Waals surface area contributed by atoms with Crippen molar-refractivity contribution in [2.75, 3.05) is 39.6 Å². The molecule has 5 aromatic rings. The summed E-state index contributed by atoms with van der Waals surface area (Å²) in [5, 5.41) is 17.3. The van der Waals surface area contributed by atoms with Gasteiger partial charge in [-0.2, -0.15) is 0 Å². The molecular weight excluding hydrogens is 566 g/mol. The molecule has 3 aliphatic heterocycles. The highest BCUT2D eigenvalue weighted by atomic mass is 16.6. The maximum absolute atomic E-state index is 12.5. The summed E-state index contributed by atoms with van der Waals surface area (Å²) < 4.78 is 21.4. The van der Waals surface area contributed by atoms with E-state index in [-0.39, 0.29) is 51.0 Å². The van der Waals surface area contributed by atoms with Gasteiger partial charge in [-0.15, -0.1) is 20.4 Å². The van der Waals surface area contributed by atoms with E-state index >= 15 is 0 Å². The molecule has 0 spiro atoms. The van der Waals surface area contributed by atoms with Gasteiger partial charge in [0.25, 0.3) is 0 Å². The summed E-state index contributed by atoms with van der Waals surface area (Å²) in [6, 6.07) is 22.5. The lowest BCUT2D eigenvalue weighted by molar-refractivity contribution is 0.00199. The lowest BCUT2D eigenvalue weighted by Crippen LogP contribution is -2.16. The molecule has 0 atom stereocenters. The number of pyridine rings is 3. The van der Waals surface area contributed by atoms with E-state index in [0.29, 0.717) is 45.6 Å². The fraction of sp³-hybridized carbons (Fsp3) is 0.194. The maximum Gasteiger partial charge on any atom is 0.357 e. The molecule has 0 N–H and O–H groups in total. The van der Waals surface area contributed by atoms with E-state index in [1.807, 2.05) is 18.2 Å². The normalized spacial score (nSPS) is 14.5. The van der Waals surface area contributed by atoms with Crippen LogP contribution in [0.25, 0.3) is 45.6 Å². The van der Waals surface area contributed by atoms with Gasteiger partial charge in [-0.1, -0.05) is 18.2 Å². The number of fused-ring (bicyclic) bond motifs is 2. The number of carbonyl (C=O) groups excluding carboxylic acids is 2. The average molecular weight is 592 g/mol. The number of ether oxygens (including phenoxy) is 4. The van der Waals surface area contributed by atoms with Crippen molar-refractivity contribution in [2.45, 2.75) is 0 Å². The minimum atomic E-state index is -0.584. The van der Waals surface area contributed by atoms with Crippen LogP contribution in [0.1, 0.15) is 21.0 Å². The number of rotatable bonds is 0. The molecule has 8 heterocycles. The van der Waals surface area contributed by atoms with Gasteiger partial charge in [0, 0.05) is 0 Å². The van der Waals surface area contributed by atoms with Crippen molar-refractivity contribution >= 4 is 11.9 Å². The number of hydrogen-bond acceptors (Lipinski definition) is 13. The molecule has 8 rings (SSSR count). The minimum absolute atomic E-state index is 0.0450. The molecule has 220 valence electrons. The van der Waals surface area contributed by atoms with Crippen LogP contribution in [0, 0.1) is 0 Å². The molecule has 5 aromatic heterocycles. The predicted octanol–water partition coefficient (Wildman–Crippen LogP) is 3.48. The highest BCUT2D eigenvalue weighted by Crippen LogP contribution is 2.23. The van der Waals surface area contributed by atoms with Gasteiger partial charge in [0.05, 0.1) is 49.2 Å². The van der Waals surface area contributed by atoms with Crippen LogP contribution in [-0.4, -0.2) is 86.9 Å². The molecule has 0 aliphatic carbocycles. The fourth-order valence-corrected chi connectivity index (χ4v) is 4.17. The van der Waals surface area contributed by atoms with Gasteiger partial charge in [0.1, 0.15) is 47.4 Å². The molecule has 13 heteroatoms. The van der Waals surface area contributed by atoms with E-state index < -0.39 is 11.9 Å². The van der Waals surface area contributed by atoms with Crippen LogP contribution in [0.15, 0.2) is 78.9 Å². The van der Waals surface area contributed by atoms with Crippen molar-refractivity contribution in [2.24, 2.45) is 0 Å². The first-order chi connectivity index (χ1) is 21.6. The molecule has 0 unspecified atom stereocenters. The van der Waals surface area contributed by atoms with E-state index in [4.69, 9.17) is 18.9 Å². The first-order valence-corrected chi connectivity index (χ1v) is 13.7. The summed E-state index contributed by atoms with van der Waals surface area (Å²) in [5.41, 5.74) is 4.44. The monoisotopic (exact) mass is 591 g/mol. The van der Waals surface area contributed by atoms with Crippen molar-refractivity contribution in [3.63, 3.8) is 0 Å². The van der Waals surface area contributed by atoms with Gasteiger partial charge in [0.2, 0.25) is 0 Å². The lowest BCUT2D eigenvalue weighted by Gasteiger charge is -2.08. The topological polar surface area (TPSA) is 161 Å². The van der Waals surface area contributed by atoms with E-state index in [1.165, 1.54) is 0 Å². The van der Waals surface area contributed by atoms with Crippen LogP contribution < -0.4 is 0 Å². The number of carbonyl (C=O) groups is 2. The Balaban J connectivity index is 1.26. The second kappa shape index (κ2) is 13.6. The Bertz CT molecular complexity index is 1640. The Morgan fingerprint density at radius 2 is 0.659 bits per heavy atom. The van der Waals surface area contributed by atoms with Gasteiger partial charge in [-0.05, 0) is 60.7 Å². The zero-order valence-corrected chi connectivity index (χ0v) is 23.3. The molecule has 0 saturated carbocycles. The van der Waals surface area contributed by atoms with Crippen molar-refractivity contribution in [1.29, 1.82) is 0 Å². The number of aromatic nitrogens is 7. The van der Waals surface area contributed by atoms with E-state index in [9.17, 15) is 9.59 Å². The van der Waals surface area contributed by atoms with Gasteiger partial charge < -0.3 is 18.9 Å². The molecule has 3 aliphatic rings. The first-order valence-electron chi connectivity index (χ1n) is 13.7. The Morgan fingerprint density at radius 3 is 1.00 bits per heavy atom. The van der Waals surface area contributed by atoms with Crippen LogP contribution in [-0.2, 0) is 18.9 Å². The van der Waals surface area contributed by atoms with Crippen LogP contribution in [0.3, 0.4) is 0 Å². The number of nitrogens with zero attached hydrogens (tertiary/aromatic N) is 7. The Labute approximate surface area is 251 Å². The molecule has 0 fully saturated rings. The molecule has 0 radical (unpaired) electrons. The van der Waals surface area contributed by atoms with Gasteiger partial charge in [-0.25, -0.2) is 24.5 Å². The lowest BCUT2D eigenvalue weighted by atomic mass is 10.1. The molecule has 13 nitrogen and oxygen atoms in total. The summed E-state index contributed by atoms with van der Waals surface area (Å²) in [5.74, 6) is -1.17. The maximum atomic E-state index is 12.5. The third-order valence-corrected chi connectivity index (χ3v) is 6.34. The summed E-state index contributed by atoms with van der Waals surface area (Å²) in [6.07, 6.45) is 0. The van der Waals surface area contributed by atoms with Crippen LogP contribution >= 0.6 is 0 Å². The summed E-state index contributed by atoms with van der Waals surface area (Å²) >= 11 is 0. The quantitative estimate of drug-likeness (QED) is 0.241. The van der Waals surface area contributed by atoms with E-state index in [2.05, 4.69) is 35.3 Å². The Hall–Kier alpha value is -5.53. The molecule has 0 amide bonds. The average Bonchev–Trinajstić information content (AvgIpc) is 3.09. The Kier molecular flexibility index (Phi) is 8.85. The number of esters is 2. The van der Waals surface area contributed by atoms with E-state index in [0.717, 1.165) is 0 Å². The third-order valence-electron chi connectivity index (χ3n) is 6.34. The SMILES string of the molecule is O=C1OCCOCCOCCOC(=O)c2cccc(n2)-c2ccc(nn2)-c2cccc(n2)-c2ccc(nn2)-c2cccc1n2. The summed E-state index contributed by atoms with van der Waals surface area (Å²) in [6.45, 7) is 1.00. The molecule has 10 bridgehead atoms. The zero-order chi connectivity index (χ0) is 30.1. The van der Waals surface area contributed by atoms with Gasteiger partial charge in [-0.3, -0.25) is 0 Å². The standard InChI is InChI=1S/C31H25N7O6/c39-30-28-8-2-6-22(33-28)26-12-10-24(35-37-26)20-4-1-5-21(32-20)25-11-13-27(38-36-25)23-7-3-9-29(34-23)31(40)44-19-17-42-15-14-41-16-18-43-30/h1-13H,14-19H2. The van der Waals surface area contributed by atoms with Crippen molar-refractivity contribution < 1.29 is 28.5 Å². The fourth-order valence-electron chi connectivity index (χ4n) is 4.17. The smallest absolute Gasteiger partial charge is 0.357 e. The summed E-state index contributed by atoms with van der Waals surface area (Å²) in [7, 11) is 0. The second-order valence-corrected chi connectivity index (χ2v) is 9.33. The Morgan fingerprint density at radius 1 is 0.364 bits per heavy atom. The highest BCUT2D eigenvalue weighted by Gasteiger charge is 2.14. The second-order valence-electron chi connectivity index (χ2n) is 9.33. The van der Waals surface area contributed by atoms with Crippen molar-refractivity contribution in [3.05, 3.63) is 90.3 Å². The van der Waals surface area contributed by atoms with Crippen LogP contribution in [0.4, 0.5) is 0 Å². The first kappa shape index (κ1) is 28.6. The van der Waals surface area contributed by atoms with Crippen LogP contribution in [0.5, 0.6) is 0 Å². The largest absolute Gasteiger partial charge is 0.459 e. The molecular formula is C31H25N7O6. The summed E-state index contributed by atoms with van der Waals surface area (Å²) in [4.78, 5) is 38.5. The molecule has 0 saturated heterocycles. The van der Waals surface area contributed by atoms with E-state index in [1.54, 1.807) is 60.7 Å². The predicted molar refractivity (Wildman–Crippen MR) is 155 cm³/mol.